The summed E-state index contributed by atoms with van der Waals surface area (Å²) in [7, 11) is -1.36. The predicted octanol–water partition coefficient (Wildman–Crippen LogP) is 11.7. The van der Waals surface area contributed by atoms with Gasteiger partial charge in [0.1, 0.15) is 16.9 Å². The first-order valence-corrected chi connectivity index (χ1v) is 34.0. The van der Waals surface area contributed by atoms with Crippen molar-refractivity contribution in [3.63, 3.8) is 0 Å². The Morgan fingerprint density at radius 1 is 0.506 bits per heavy atom. The molecule has 3 aliphatic heterocycles. The lowest BCUT2D eigenvalue weighted by molar-refractivity contribution is -0.135. The van der Waals surface area contributed by atoms with Gasteiger partial charge < -0.3 is 39.5 Å². The number of aryl methyl sites for hydroxylation is 3. The van der Waals surface area contributed by atoms with Crippen LogP contribution in [0.15, 0.2) is 55.8 Å². The van der Waals surface area contributed by atoms with Gasteiger partial charge in [-0.15, -0.1) is 0 Å². The van der Waals surface area contributed by atoms with Gasteiger partial charge in [0.15, 0.2) is 15.5 Å². The summed E-state index contributed by atoms with van der Waals surface area (Å²) in [4.78, 5) is 56.1. The molecule has 89 heavy (non-hydrogen) atoms. The number of aromatic nitrogens is 15. The van der Waals surface area contributed by atoms with Crippen molar-refractivity contribution in [1.29, 1.82) is 0 Å². The summed E-state index contributed by atoms with van der Waals surface area (Å²) in [5, 5.41) is 27.9. The van der Waals surface area contributed by atoms with E-state index in [1.54, 1.807) is 35.7 Å². The first kappa shape index (κ1) is 62.7. The third kappa shape index (κ3) is 13.5. The Morgan fingerprint density at radius 2 is 0.865 bits per heavy atom. The lowest BCUT2D eigenvalue weighted by Gasteiger charge is -2.20. The molecule has 3 N–H and O–H groups in total. The number of halogens is 6. The smallest absolute Gasteiger partial charge is 0.229 e. The molecule has 2 aliphatic carbocycles. The third-order valence-electron chi connectivity index (χ3n) is 17.4. The van der Waals surface area contributed by atoms with Crippen molar-refractivity contribution >= 4 is 159 Å². The molecule has 3 atom stereocenters. The zero-order valence-electron chi connectivity index (χ0n) is 49.4. The third-order valence-corrected chi connectivity index (χ3v) is 20.4. The van der Waals surface area contributed by atoms with Gasteiger partial charge in [0.25, 0.3) is 0 Å². The van der Waals surface area contributed by atoms with E-state index in [-0.39, 0.29) is 35.1 Å². The molecule has 2 saturated carbocycles. The van der Waals surface area contributed by atoms with Crippen LogP contribution in [0.5, 0.6) is 0 Å². The lowest BCUT2D eigenvalue weighted by Crippen LogP contribution is -2.33. The molecule has 14 rings (SSSR count). The molecule has 0 aromatic carbocycles. The minimum Gasteiger partial charge on any atom is -0.340 e. The van der Waals surface area contributed by atoms with Gasteiger partial charge in [-0.05, 0) is 58.8 Å². The van der Waals surface area contributed by atoms with Crippen LogP contribution in [0, 0.1) is 11.8 Å². The summed E-state index contributed by atoms with van der Waals surface area (Å²) < 4.78 is 36.0. The quantitative estimate of drug-likeness (QED) is 0.0914. The van der Waals surface area contributed by atoms with Crippen LogP contribution < -0.4 is 16.0 Å². The van der Waals surface area contributed by atoms with Gasteiger partial charge in [0, 0.05) is 108 Å². The molecule has 12 heterocycles. The molecule has 0 bridgehead atoms. The summed E-state index contributed by atoms with van der Waals surface area (Å²) in [6.45, 7) is 9.34. The molecule has 0 radical (unpaired) electrons. The number of carbonyl (C=O) groups excluding carboxylic acids is 2. The van der Waals surface area contributed by atoms with Crippen molar-refractivity contribution in [3.05, 3.63) is 86.3 Å². The molecule has 32 heteroatoms. The van der Waals surface area contributed by atoms with Crippen LogP contribution >= 0.6 is 69.6 Å². The van der Waals surface area contributed by atoms with Crippen LogP contribution in [0.3, 0.4) is 0 Å². The maximum Gasteiger partial charge on any atom is 0.229 e. The highest BCUT2D eigenvalue weighted by Crippen LogP contribution is 2.36. The highest BCUT2D eigenvalue weighted by Gasteiger charge is 2.36. The minimum atomic E-state index is -3.21. The Morgan fingerprint density at radius 3 is 1.25 bits per heavy atom. The topological polar surface area (TPSA) is 260 Å². The zero-order chi connectivity index (χ0) is 62.4. The van der Waals surface area contributed by atoms with Gasteiger partial charge in [0.05, 0.1) is 91.3 Å². The van der Waals surface area contributed by atoms with Gasteiger partial charge in [0.2, 0.25) is 39.7 Å². The summed E-state index contributed by atoms with van der Waals surface area (Å²) in [5.74, 6) is 2.25. The van der Waals surface area contributed by atoms with Crippen LogP contribution in [-0.2, 0) is 39.7 Å². The highest BCUT2D eigenvalue weighted by atomic mass is 35.5. The van der Waals surface area contributed by atoms with E-state index in [0.29, 0.717) is 110 Å². The predicted molar refractivity (Wildman–Crippen MR) is 346 cm³/mol. The van der Waals surface area contributed by atoms with E-state index >= 15 is 0 Å². The molecule has 5 fully saturated rings. The number of nitrogens with one attached hydrogen (secondary N) is 3. The van der Waals surface area contributed by atoms with Crippen LogP contribution in [0.25, 0.3) is 33.1 Å². The van der Waals surface area contributed by atoms with Crippen molar-refractivity contribution in [2.75, 3.05) is 61.5 Å². The average Bonchev–Trinajstić information content (AvgIpc) is 3.03. The summed E-state index contributed by atoms with van der Waals surface area (Å²) in [5.41, 5.74) is 4.06. The molecule has 0 spiro atoms. The van der Waals surface area contributed by atoms with E-state index in [9.17, 15) is 18.0 Å². The molecule has 472 valence electrons. The number of anilines is 6. The van der Waals surface area contributed by atoms with E-state index in [0.717, 1.165) is 92.2 Å². The second-order valence-corrected chi connectivity index (χ2v) is 27.5. The van der Waals surface area contributed by atoms with Crippen molar-refractivity contribution in [2.24, 2.45) is 18.9 Å². The van der Waals surface area contributed by atoms with Crippen molar-refractivity contribution in [3.8, 4) is 0 Å². The normalized spacial score (nSPS) is 19.2. The maximum absolute atomic E-state index is 12.7. The number of hydrogen-bond acceptors (Lipinski definition) is 16. The molecule has 3 saturated heterocycles. The van der Waals surface area contributed by atoms with Crippen LogP contribution in [-0.4, -0.2) is 153 Å². The lowest BCUT2D eigenvalue weighted by atomic mass is 10.1. The Labute approximate surface area is 543 Å². The Kier molecular flexibility index (Phi) is 18.6. The van der Waals surface area contributed by atoms with Gasteiger partial charge >= 0.3 is 0 Å². The van der Waals surface area contributed by atoms with Gasteiger partial charge in [-0.2, -0.15) is 34.6 Å². The fourth-order valence-corrected chi connectivity index (χ4v) is 14.7. The van der Waals surface area contributed by atoms with Crippen molar-refractivity contribution in [2.45, 2.75) is 116 Å². The number of nitrogens with zero attached hydrogens (tertiary/aromatic N) is 18. The van der Waals surface area contributed by atoms with E-state index in [1.165, 1.54) is 36.2 Å². The first-order chi connectivity index (χ1) is 42.8. The highest BCUT2D eigenvalue weighted by molar-refractivity contribution is 7.88. The summed E-state index contributed by atoms with van der Waals surface area (Å²) >= 11 is 37.7. The Bertz CT molecular complexity index is 4030. The van der Waals surface area contributed by atoms with Gasteiger partial charge in [-0.1, -0.05) is 95.3 Å². The number of rotatable bonds is 14. The molecule has 9 aromatic heterocycles. The molecular formula is C57H67Cl6N21O4S. The van der Waals surface area contributed by atoms with E-state index in [1.807, 2.05) is 78.5 Å². The van der Waals surface area contributed by atoms with E-state index < -0.39 is 10.0 Å². The van der Waals surface area contributed by atoms with E-state index in [4.69, 9.17) is 69.6 Å². The monoisotopic (exact) mass is 1350 g/mol. The fourth-order valence-electron chi connectivity index (χ4n) is 12.5. The molecule has 9 aromatic rings. The number of amides is 2. The largest absolute Gasteiger partial charge is 0.340 e. The Hall–Kier alpha value is -6.52. The van der Waals surface area contributed by atoms with Crippen molar-refractivity contribution < 1.29 is 18.0 Å². The fraction of sp³-hybridized carbons (Fsp3) is 0.491. The summed E-state index contributed by atoms with van der Waals surface area (Å²) in [6, 6.07) is 0.179. The SMILES string of the molecule is CCn1cc(Cl)c2cnc(Nc3cn([C@@H]4CCN(C(=O)C5CCCC5)C4)nc3Cl)nc21.CCn1cc(Cl)c2cnc(Nc3cn([C@H]4CCN(C(=O)C5CCCC5)C4)nc3Cl)nc21.Cn1cc(Cl)c2cnc(Nc3cn([C@H]4CCN(S(C)(=O)=O)C4)nc3Cl)nc21. The van der Waals surface area contributed by atoms with Crippen molar-refractivity contribution in [1.82, 2.24) is 87.1 Å². The molecule has 0 unspecified atom stereocenters. The number of hydrogen-bond donors (Lipinski definition) is 3. The van der Waals surface area contributed by atoms with Crippen LogP contribution in [0.2, 0.25) is 30.5 Å². The molecular weight excluding hydrogens is 1290 g/mol. The number of sulfonamides is 1. The second kappa shape index (κ2) is 26.4. The molecule has 2 amide bonds. The van der Waals surface area contributed by atoms with Gasteiger partial charge in [-0.25, -0.2) is 23.4 Å². The number of carbonyl (C=O) groups is 2. The average molecular weight is 1360 g/mol. The number of fused-ring (bicyclic) bond motifs is 3. The number of likely N-dealkylation sites (tertiary alicyclic amines) is 2. The Balaban J connectivity index is 0.000000130. The molecule has 25 nitrogen and oxygen atoms in total. The zero-order valence-corrected chi connectivity index (χ0v) is 54.7. The van der Waals surface area contributed by atoms with Crippen LogP contribution in [0.4, 0.5) is 34.9 Å². The summed E-state index contributed by atoms with van der Waals surface area (Å²) in [6.07, 6.45) is 28.4. The standard InChI is InChI=1S/2C21H25Cl2N7O.C15H17Cl2N7O2S/c2*1-2-28-11-16(22)15-9-24-21(26-19(15)28)25-17-12-30(27-18(17)23)14-7-8-29(10-14)20(31)13-5-3-4-6-13;1-22-7-11(16)10-5-18-15(20-14(10)22)19-12-8-24(21-13(12)17)9-3-4-23(6-9)27(2,25)26/h2*9,11-14H,2-8,10H2,1H3,(H,24,25,26);5,7-9H,3-4,6H2,1-2H3,(H,18,19,20)/t2*14-;9-/m100/s1. The minimum absolute atomic E-state index is 0.0668. The van der Waals surface area contributed by atoms with Gasteiger partial charge in [-0.3, -0.25) is 23.6 Å². The first-order valence-electron chi connectivity index (χ1n) is 29.9. The maximum atomic E-state index is 12.7. The van der Waals surface area contributed by atoms with Crippen LogP contribution in [0.1, 0.15) is 103 Å². The van der Waals surface area contributed by atoms with E-state index in [2.05, 4.69) is 61.2 Å². The molecule has 5 aliphatic rings. The second-order valence-electron chi connectivity index (χ2n) is 23.2.